The van der Waals surface area contributed by atoms with Crippen LogP contribution < -0.4 is 31.6 Å². The average Bonchev–Trinajstić information content (AvgIpc) is 3.35. The Morgan fingerprint density at radius 2 is 1.45 bits per heavy atom. The van der Waals surface area contributed by atoms with Crippen LogP contribution >= 0.6 is 11.3 Å². The molecule has 1 N–H and O–H groups in total. The molecule has 232 valence electrons. The number of benzene rings is 2. The lowest BCUT2D eigenvalue weighted by atomic mass is 9.86. The quantitative estimate of drug-likeness (QED) is 0.118. The van der Waals surface area contributed by atoms with Gasteiger partial charge in [-0.1, -0.05) is 128 Å². The minimum absolute atomic E-state index is 0. The summed E-state index contributed by atoms with van der Waals surface area (Å²) in [7, 11) is 0. The van der Waals surface area contributed by atoms with E-state index in [-0.39, 0.29) is 28.3 Å². The SMILES string of the molecule is CCCCCCCCCCCCCCOc1cc(NC(=O)c2ccc(C[n+]3csc(C)c3)cc2)ccc1C(C)(C)C.[Br-]. The second-order valence-corrected chi connectivity index (χ2v) is 13.6. The lowest BCUT2D eigenvalue weighted by Gasteiger charge is -2.23. The number of amides is 1. The molecule has 1 amide bonds. The van der Waals surface area contributed by atoms with Gasteiger partial charge in [0, 0.05) is 22.9 Å². The molecule has 4 nitrogen and oxygen atoms in total. The van der Waals surface area contributed by atoms with Crippen molar-refractivity contribution < 1.29 is 31.1 Å². The van der Waals surface area contributed by atoms with E-state index in [0.717, 1.165) is 24.4 Å². The Kier molecular flexibility index (Phi) is 16.4. The molecule has 0 saturated carbocycles. The van der Waals surface area contributed by atoms with Crippen molar-refractivity contribution in [3.05, 3.63) is 75.7 Å². The predicted octanol–water partition coefficient (Wildman–Crippen LogP) is 7.03. The third-order valence-corrected chi connectivity index (χ3v) is 8.46. The first-order chi connectivity index (χ1) is 19.8. The third kappa shape index (κ3) is 13.0. The summed E-state index contributed by atoms with van der Waals surface area (Å²) in [5.41, 5.74) is 5.84. The predicted molar refractivity (Wildman–Crippen MR) is 174 cm³/mol. The molecule has 0 bridgehead atoms. The largest absolute Gasteiger partial charge is 1.00 e. The standard InChI is InChI=1S/C36H52N2O2S.BrH/c1-6-7-8-9-10-11-12-13-14-15-16-17-24-40-34-25-32(22-23-33(34)36(3,4)5)37-35(39)31-20-18-30(19-21-31)27-38-26-29(2)41-28-38;/h18-23,25-26,28H,6-17,24,27H2,1-5H3;1H. The van der Waals surface area contributed by atoms with Crippen molar-refractivity contribution in [3.63, 3.8) is 0 Å². The van der Waals surface area contributed by atoms with E-state index in [9.17, 15) is 4.79 Å². The van der Waals surface area contributed by atoms with Crippen LogP contribution in [0.25, 0.3) is 0 Å². The smallest absolute Gasteiger partial charge is 0.255 e. The molecule has 0 fully saturated rings. The van der Waals surface area contributed by atoms with Crippen LogP contribution in [0.4, 0.5) is 5.69 Å². The van der Waals surface area contributed by atoms with Gasteiger partial charge in [-0.3, -0.25) is 4.79 Å². The molecule has 3 aromatic rings. The number of rotatable bonds is 18. The van der Waals surface area contributed by atoms with Gasteiger partial charge in [0.05, 0.1) is 11.5 Å². The van der Waals surface area contributed by atoms with Crippen molar-refractivity contribution in [2.45, 2.75) is 124 Å². The van der Waals surface area contributed by atoms with Crippen LogP contribution in [-0.4, -0.2) is 12.5 Å². The molecular formula is C36H53BrN2O2S. The fraction of sp³-hybridized carbons (Fsp3) is 0.556. The molecule has 1 aromatic heterocycles. The van der Waals surface area contributed by atoms with Crippen molar-refractivity contribution in [2.24, 2.45) is 0 Å². The zero-order chi connectivity index (χ0) is 29.5. The molecule has 0 saturated heterocycles. The number of nitrogens with zero attached hydrogens (tertiary/aromatic N) is 1. The van der Waals surface area contributed by atoms with Gasteiger partial charge >= 0.3 is 0 Å². The van der Waals surface area contributed by atoms with E-state index in [0.29, 0.717) is 12.2 Å². The molecule has 0 atom stereocenters. The molecular weight excluding hydrogens is 604 g/mol. The molecule has 3 rings (SSSR count). The van der Waals surface area contributed by atoms with Crippen LogP contribution in [0.2, 0.25) is 0 Å². The van der Waals surface area contributed by atoms with Crippen LogP contribution in [0.1, 0.15) is 131 Å². The maximum Gasteiger partial charge on any atom is 0.255 e. The highest BCUT2D eigenvalue weighted by Gasteiger charge is 2.20. The fourth-order valence-corrected chi connectivity index (χ4v) is 5.80. The highest BCUT2D eigenvalue weighted by Crippen LogP contribution is 2.34. The number of aryl methyl sites for hydroxylation is 1. The van der Waals surface area contributed by atoms with E-state index < -0.39 is 0 Å². The van der Waals surface area contributed by atoms with Gasteiger partial charge in [0.2, 0.25) is 5.51 Å². The fourth-order valence-electron chi connectivity index (χ4n) is 5.17. The molecule has 0 aliphatic carbocycles. The summed E-state index contributed by atoms with van der Waals surface area (Å²) in [6.45, 7) is 12.5. The zero-order valence-corrected chi connectivity index (χ0v) is 29.0. The molecule has 0 aliphatic heterocycles. The Morgan fingerprint density at radius 3 is 2.00 bits per heavy atom. The molecule has 6 heteroatoms. The van der Waals surface area contributed by atoms with Crippen LogP contribution in [-0.2, 0) is 12.0 Å². The highest BCUT2D eigenvalue weighted by molar-refractivity contribution is 7.09. The van der Waals surface area contributed by atoms with Crippen LogP contribution in [0, 0.1) is 6.92 Å². The number of hydrogen-bond acceptors (Lipinski definition) is 3. The normalized spacial score (nSPS) is 11.3. The van der Waals surface area contributed by atoms with Gasteiger partial charge in [-0.2, -0.15) is 4.57 Å². The minimum atomic E-state index is -0.106. The lowest BCUT2D eigenvalue weighted by Crippen LogP contribution is -3.00. The monoisotopic (exact) mass is 656 g/mol. The Hall–Kier alpha value is -2.18. The van der Waals surface area contributed by atoms with Crippen molar-refractivity contribution in [1.29, 1.82) is 0 Å². The van der Waals surface area contributed by atoms with E-state index in [1.807, 2.05) is 36.4 Å². The van der Waals surface area contributed by atoms with Crippen LogP contribution in [0.15, 0.2) is 54.2 Å². The second-order valence-electron chi connectivity index (χ2n) is 12.5. The maximum absolute atomic E-state index is 13.0. The van der Waals surface area contributed by atoms with E-state index >= 15 is 0 Å². The first kappa shape index (κ1) is 36.0. The number of carbonyl (C=O) groups is 1. The number of ether oxygens (including phenoxy) is 1. The number of nitrogens with one attached hydrogen (secondary N) is 1. The minimum Gasteiger partial charge on any atom is -1.00 e. The molecule has 42 heavy (non-hydrogen) atoms. The number of hydrogen-bond donors (Lipinski definition) is 1. The molecule has 1 heterocycles. The summed E-state index contributed by atoms with van der Waals surface area (Å²) in [4.78, 5) is 14.3. The first-order valence-corrected chi connectivity index (χ1v) is 16.8. The number of unbranched alkanes of at least 4 members (excludes halogenated alkanes) is 11. The van der Waals surface area contributed by atoms with Gasteiger partial charge in [-0.15, -0.1) is 0 Å². The van der Waals surface area contributed by atoms with E-state index in [2.05, 4.69) is 62.3 Å². The van der Waals surface area contributed by atoms with Gasteiger partial charge in [-0.05, 0) is 42.5 Å². The van der Waals surface area contributed by atoms with Crippen LogP contribution in [0.5, 0.6) is 5.75 Å². The summed E-state index contributed by atoms with van der Waals surface area (Å²) >= 11 is 1.74. The zero-order valence-electron chi connectivity index (χ0n) is 26.6. The summed E-state index contributed by atoms with van der Waals surface area (Å²) in [6, 6.07) is 13.9. The van der Waals surface area contributed by atoms with Crippen molar-refractivity contribution in [1.82, 2.24) is 0 Å². The Labute approximate surface area is 270 Å². The van der Waals surface area contributed by atoms with Gasteiger partial charge in [0.1, 0.15) is 5.75 Å². The Morgan fingerprint density at radius 1 is 0.857 bits per heavy atom. The molecule has 2 aromatic carbocycles. The van der Waals surface area contributed by atoms with Gasteiger partial charge < -0.3 is 27.0 Å². The van der Waals surface area contributed by atoms with Crippen molar-refractivity contribution in [3.8, 4) is 5.75 Å². The third-order valence-electron chi connectivity index (χ3n) is 7.61. The Balaban J connectivity index is 0.00000616. The number of aromatic nitrogens is 1. The first-order valence-electron chi connectivity index (χ1n) is 15.9. The summed E-state index contributed by atoms with van der Waals surface area (Å²) in [6.07, 6.45) is 18.1. The lowest BCUT2D eigenvalue weighted by molar-refractivity contribution is -0.683. The highest BCUT2D eigenvalue weighted by atomic mass is 79.9. The average molecular weight is 658 g/mol. The molecule has 0 spiro atoms. The van der Waals surface area contributed by atoms with E-state index in [1.165, 1.54) is 86.6 Å². The van der Waals surface area contributed by atoms with Gasteiger partial charge in [-0.25, -0.2) is 0 Å². The molecule has 0 unspecified atom stereocenters. The topological polar surface area (TPSA) is 42.2 Å². The van der Waals surface area contributed by atoms with E-state index in [1.54, 1.807) is 11.3 Å². The van der Waals surface area contributed by atoms with Crippen molar-refractivity contribution >= 4 is 22.9 Å². The summed E-state index contributed by atoms with van der Waals surface area (Å²) < 4.78 is 8.48. The number of carbonyl (C=O) groups excluding carboxylic acids is 1. The van der Waals surface area contributed by atoms with Crippen molar-refractivity contribution in [2.75, 3.05) is 11.9 Å². The Bertz CT molecular complexity index is 1180. The molecule has 0 aliphatic rings. The maximum atomic E-state index is 13.0. The number of anilines is 1. The number of halogens is 1. The second kappa shape index (κ2) is 19.2. The van der Waals surface area contributed by atoms with E-state index in [4.69, 9.17) is 4.74 Å². The summed E-state index contributed by atoms with van der Waals surface area (Å²) in [5.74, 6) is 0.766. The molecule has 0 radical (unpaired) electrons. The van der Waals surface area contributed by atoms with Gasteiger partial charge in [0.15, 0.2) is 12.7 Å². The van der Waals surface area contributed by atoms with Crippen LogP contribution in [0.3, 0.4) is 0 Å². The summed E-state index contributed by atoms with van der Waals surface area (Å²) in [5, 5.41) is 3.08. The number of thiazole rings is 1. The van der Waals surface area contributed by atoms with Gasteiger partial charge in [0.25, 0.3) is 5.91 Å².